The molecular weight excluding hydrogens is 358 g/mol. The third-order valence-corrected chi connectivity index (χ3v) is 5.28. The van der Waals surface area contributed by atoms with Crippen molar-refractivity contribution in [2.24, 2.45) is 5.92 Å². The van der Waals surface area contributed by atoms with Gasteiger partial charge >= 0.3 is 5.97 Å². The number of fused-ring (bicyclic) bond motifs is 1. The Hall–Kier alpha value is -2.73. The van der Waals surface area contributed by atoms with Gasteiger partial charge in [0.2, 0.25) is 6.79 Å². The van der Waals surface area contributed by atoms with Gasteiger partial charge in [0.15, 0.2) is 11.5 Å². The van der Waals surface area contributed by atoms with E-state index in [1.165, 1.54) is 0 Å². The van der Waals surface area contributed by atoms with Crippen molar-refractivity contribution in [3.8, 4) is 17.2 Å². The third-order valence-electron chi connectivity index (χ3n) is 5.28. The number of hydrogen-bond donors (Lipinski definition) is 1. The number of rotatable bonds is 6. The molecule has 2 heterocycles. The molecule has 4 rings (SSSR count). The van der Waals surface area contributed by atoms with Crippen molar-refractivity contribution in [1.82, 2.24) is 5.32 Å². The van der Waals surface area contributed by atoms with Crippen LogP contribution in [0.2, 0.25) is 0 Å². The average Bonchev–Trinajstić information content (AvgIpc) is 3.35. The molecule has 0 bridgehead atoms. The quantitative estimate of drug-likeness (QED) is 0.771. The zero-order valence-electron chi connectivity index (χ0n) is 16.1. The van der Waals surface area contributed by atoms with Gasteiger partial charge in [-0.1, -0.05) is 18.2 Å². The van der Waals surface area contributed by atoms with Crippen LogP contribution in [0.3, 0.4) is 0 Å². The first-order chi connectivity index (χ1) is 13.7. The topological polar surface area (TPSA) is 66.0 Å². The smallest absolute Gasteiger partial charge is 0.311 e. The molecule has 0 unspecified atom stereocenters. The van der Waals surface area contributed by atoms with E-state index in [1.54, 1.807) is 0 Å². The second-order valence-electron chi connectivity index (χ2n) is 6.88. The van der Waals surface area contributed by atoms with Gasteiger partial charge in [-0.3, -0.25) is 4.79 Å². The van der Waals surface area contributed by atoms with Crippen molar-refractivity contribution in [1.29, 1.82) is 0 Å². The van der Waals surface area contributed by atoms with Crippen molar-refractivity contribution in [3.63, 3.8) is 0 Å². The highest BCUT2D eigenvalue weighted by molar-refractivity contribution is 5.76. The van der Waals surface area contributed by atoms with Crippen LogP contribution in [0.5, 0.6) is 17.2 Å². The molecule has 1 saturated heterocycles. The predicted octanol–water partition coefficient (Wildman–Crippen LogP) is 3.42. The lowest BCUT2D eigenvalue weighted by Crippen LogP contribution is -2.27. The van der Waals surface area contributed by atoms with Gasteiger partial charge in [-0.15, -0.1) is 0 Å². The van der Waals surface area contributed by atoms with Crippen molar-refractivity contribution < 1.29 is 23.7 Å². The molecule has 0 spiro atoms. The number of carbonyl (C=O) groups excluding carboxylic acids is 1. The number of nitrogens with one attached hydrogen (secondary N) is 1. The molecule has 148 valence electrons. The summed E-state index contributed by atoms with van der Waals surface area (Å²) in [7, 11) is 0. The monoisotopic (exact) mass is 383 g/mol. The molecule has 0 aromatic heterocycles. The largest absolute Gasteiger partial charge is 0.494 e. The van der Waals surface area contributed by atoms with Gasteiger partial charge in [-0.25, -0.2) is 0 Å². The van der Waals surface area contributed by atoms with Crippen LogP contribution in [0.15, 0.2) is 42.5 Å². The summed E-state index contributed by atoms with van der Waals surface area (Å²) in [4.78, 5) is 12.9. The molecule has 6 nitrogen and oxygen atoms in total. The maximum atomic E-state index is 12.9. The number of carbonyl (C=O) groups is 1. The van der Waals surface area contributed by atoms with E-state index < -0.39 is 0 Å². The van der Waals surface area contributed by atoms with E-state index in [2.05, 4.69) is 5.32 Å². The summed E-state index contributed by atoms with van der Waals surface area (Å²) >= 11 is 0. The highest BCUT2D eigenvalue weighted by Gasteiger charge is 2.43. The predicted molar refractivity (Wildman–Crippen MR) is 104 cm³/mol. The van der Waals surface area contributed by atoms with Crippen molar-refractivity contribution in [2.45, 2.75) is 25.8 Å². The Morgan fingerprint density at radius 3 is 2.54 bits per heavy atom. The van der Waals surface area contributed by atoms with Gasteiger partial charge in [-0.05, 0) is 49.2 Å². The Kier molecular flexibility index (Phi) is 5.39. The highest BCUT2D eigenvalue weighted by Crippen LogP contribution is 2.43. The fraction of sp³-hybridized carbons (Fsp3) is 0.409. The standard InChI is InChI=1S/C22H25NO5/c1-3-25-16-8-5-14(6-9-16)21-20(22(24)26-4-2)17(12-23-21)15-7-10-18-19(11-15)28-13-27-18/h5-11,17,20-21,23H,3-4,12-13H2,1-2H3/t17-,20-,21+/m1/s1. The molecule has 0 amide bonds. The molecule has 2 aromatic rings. The zero-order chi connectivity index (χ0) is 19.5. The molecule has 2 aliphatic heterocycles. The zero-order valence-corrected chi connectivity index (χ0v) is 16.1. The molecule has 28 heavy (non-hydrogen) atoms. The van der Waals surface area contributed by atoms with Crippen LogP contribution >= 0.6 is 0 Å². The lowest BCUT2D eigenvalue weighted by molar-refractivity contribution is -0.148. The summed E-state index contributed by atoms with van der Waals surface area (Å²) in [6.07, 6.45) is 0. The van der Waals surface area contributed by atoms with Crippen LogP contribution in [0, 0.1) is 5.92 Å². The number of hydrogen-bond acceptors (Lipinski definition) is 6. The molecule has 0 radical (unpaired) electrons. The van der Waals surface area contributed by atoms with Crippen LogP contribution in [0.25, 0.3) is 0 Å². The first-order valence-corrected chi connectivity index (χ1v) is 9.73. The van der Waals surface area contributed by atoms with E-state index >= 15 is 0 Å². The summed E-state index contributed by atoms with van der Waals surface area (Å²) < 4.78 is 21.9. The molecule has 2 aliphatic rings. The number of esters is 1. The summed E-state index contributed by atoms with van der Waals surface area (Å²) in [6.45, 7) is 5.69. The summed E-state index contributed by atoms with van der Waals surface area (Å²) in [6, 6.07) is 13.7. The minimum atomic E-state index is -0.321. The van der Waals surface area contributed by atoms with E-state index in [0.29, 0.717) is 19.8 Å². The Balaban J connectivity index is 1.63. The SMILES string of the molecule is CCOC(=O)[C@@H]1[C@@H](c2ccc3c(c2)OCO3)CN[C@H]1c1ccc(OCC)cc1. The fourth-order valence-electron chi connectivity index (χ4n) is 4.01. The van der Waals surface area contributed by atoms with Crippen LogP contribution in [0.1, 0.15) is 36.9 Å². The highest BCUT2D eigenvalue weighted by atomic mass is 16.7. The van der Waals surface area contributed by atoms with Gasteiger partial charge in [0.25, 0.3) is 0 Å². The summed E-state index contributed by atoms with van der Waals surface area (Å²) in [5.41, 5.74) is 2.09. The molecule has 6 heteroatoms. The minimum Gasteiger partial charge on any atom is -0.494 e. The van der Waals surface area contributed by atoms with E-state index in [9.17, 15) is 4.79 Å². The first-order valence-electron chi connectivity index (χ1n) is 9.73. The fourth-order valence-corrected chi connectivity index (χ4v) is 4.01. The van der Waals surface area contributed by atoms with Crippen LogP contribution in [-0.4, -0.2) is 32.5 Å². The Morgan fingerprint density at radius 1 is 1.04 bits per heavy atom. The Labute approximate surface area is 164 Å². The van der Waals surface area contributed by atoms with E-state index in [1.807, 2.05) is 56.3 Å². The first kappa shape index (κ1) is 18.6. The second-order valence-corrected chi connectivity index (χ2v) is 6.88. The average molecular weight is 383 g/mol. The molecule has 2 aromatic carbocycles. The van der Waals surface area contributed by atoms with Crippen LogP contribution in [0.4, 0.5) is 0 Å². The molecular formula is C22H25NO5. The van der Waals surface area contributed by atoms with Crippen molar-refractivity contribution in [2.75, 3.05) is 26.6 Å². The van der Waals surface area contributed by atoms with Crippen molar-refractivity contribution >= 4 is 5.97 Å². The third kappa shape index (κ3) is 3.52. The molecule has 1 fully saturated rings. The van der Waals surface area contributed by atoms with Crippen molar-refractivity contribution in [3.05, 3.63) is 53.6 Å². The van der Waals surface area contributed by atoms with Gasteiger partial charge < -0.3 is 24.3 Å². The maximum absolute atomic E-state index is 12.9. The normalized spacial score (nSPS) is 22.9. The molecule has 0 aliphatic carbocycles. The Bertz CT molecular complexity index is 835. The van der Waals surface area contributed by atoms with Crippen LogP contribution < -0.4 is 19.5 Å². The van der Waals surface area contributed by atoms with Crippen LogP contribution in [-0.2, 0) is 9.53 Å². The van der Waals surface area contributed by atoms with Gasteiger partial charge in [0, 0.05) is 18.5 Å². The van der Waals surface area contributed by atoms with E-state index in [4.69, 9.17) is 18.9 Å². The lowest BCUT2D eigenvalue weighted by atomic mass is 9.83. The molecule has 3 atom stereocenters. The second kappa shape index (κ2) is 8.10. The van der Waals surface area contributed by atoms with E-state index in [0.717, 1.165) is 28.4 Å². The lowest BCUT2D eigenvalue weighted by Gasteiger charge is -2.23. The van der Waals surface area contributed by atoms with Gasteiger partial charge in [0.1, 0.15) is 5.75 Å². The number of benzene rings is 2. The molecule has 1 N–H and O–H groups in total. The number of ether oxygens (including phenoxy) is 4. The Morgan fingerprint density at radius 2 is 1.79 bits per heavy atom. The van der Waals surface area contributed by atoms with Gasteiger partial charge in [0.05, 0.1) is 19.1 Å². The summed E-state index contributed by atoms with van der Waals surface area (Å²) in [5.74, 6) is 1.77. The molecule has 0 saturated carbocycles. The van der Waals surface area contributed by atoms with Gasteiger partial charge in [-0.2, -0.15) is 0 Å². The maximum Gasteiger partial charge on any atom is 0.311 e. The van der Waals surface area contributed by atoms with E-state index in [-0.39, 0.29) is 30.6 Å². The minimum absolute atomic E-state index is 0.00915. The summed E-state index contributed by atoms with van der Waals surface area (Å²) in [5, 5.41) is 3.52.